The Bertz CT molecular complexity index is 718. The molecule has 5 heteroatoms. The van der Waals surface area contributed by atoms with Crippen LogP contribution in [0.3, 0.4) is 0 Å². The molecule has 0 spiro atoms. The molecule has 1 saturated heterocycles. The molecular formula is C19H22N4O. The van der Waals surface area contributed by atoms with E-state index < -0.39 is 0 Å². The van der Waals surface area contributed by atoms with Gasteiger partial charge in [0.1, 0.15) is 5.82 Å². The van der Waals surface area contributed by atoms with Crippen LogP contribution in [0.2, 0.25) is 0 Å². The zero-order valence-electron chi connectivity index (χ0n) is 13.7. The maximum absolute atomic E-state index is 12.8. The van der Waals surface area contributed by atoms with E-state index in [2.05, 4.69) is 44.5 Å². The second-order valence-corrected chi connectivity index (χ2v) is 6.65. The van der Waals surface area contributed by atoms with Crippen molar-refractivity contribution in [3.05, 3.63) is 54.0 Å². The lowest BCUT2D eigenvalue weighted by atomic mass is 9.96. The highest BCUT2D eigenvalue weighted by Crippen LogP contribution is 2.31. The van der Waals surface area contributed by atoms with Crippen LogP contribution in [0, 0.1) is 5.92 Å². The number of rotatable bonds is 3. The monoisotopic (exact) mass is 322 g/mol. The molecule has 0 saturated carbocycles. The number of hydrogen-bond acceptors (Lipinski definition) is 4. The highest BCUT2D eigenvalue weighted by Gasteiger charge is 2.30. The van der Waals surface area contributed by atoms with E-state index in [0.29, 0.717) is 0 Å². The number of carbonyl (C=O) groups is 1. The van der Waals surface area contributed by atoms with E-state index in [1.165, 1.54) is 11.1 Å². The van der Waals surface area contributed by atoms with Crippen LogP contribution in [0.15, 0.2) is 42.9 Å². The number of hydrogen-bond donors (Lipinski definition) is 1. The number of nitrogens with zero attached hydrogens (tertiary/aromatic N) is 3. The molecule has 0 radical (unpaired) electrons. The van der Waals surface area contributed by atoms with Gasteiger partial charge < -0.3 is 10.2 Å². The number of nitrogens with one attached hydrogen (secondary N) is 1. The standard InChI is InChI=1S/C19H22N4O/c24-19(22-17-8-7-14-4-1-2-6-16(14)17)15-5-3-11-23(13-15)18-12-20-9-10-21-18/h1-2,4,6,9-10,12,15,17H,3,5,7-8,11,13H2,(H,22,24). The predicted molar refractivity (Wildman–Crippen MR) is 92.6 cm³/mol. The zero-order chi connectivity index (χ0) is 16.4. The molecule has 2 unspecified atom stereocenters. The third kappa shape index (κ3) is 2.98. The molecule has 5 nitrogen and oxygen atoms in total. The molecule has 1 aromatic heterocycles. The number of aryl methyl sites for hydroxylation is 1. The van der Waals surface area contributed by atoms with Crippen LogP contribution in [0.5, 0.6) is 0 Å². The Kier molecular flexibility index (Phi) is 4.15. The first-order valence-corrected chi connectivity index (χ1v) is 8.70. The van der Waals surface area contributed by atoms with E-state index in [-0.39, 0.29) is 17.9 Å². The van der Waals surface area contributed by atoms with E-state index in [4.69, 9.17) is 0 Å². The summed E-state index contributed by atoms with van der Waals surface area (Å²) in [6.07, 6.45) is 9.16. The fourth-order valence-corrected chi connectivity index (χ4v) is 3.85. The second-order valence-electron chi connectivity index (χ2n) is 6.65. The quantitative estimate of drug-likeness (QED) is 0.943. The second kappa shape index (κ2) is 6.59. The molecule has 4 rings (SSSR count). The molecule has 1 aliphatic heterocycles. The fraction of sp³-hybridized carbons (Fsp3) is 0.421. The van der Waals surface area contributed by atoms with Gasteiger partial charge in [0.15, 0.2) is 0 Å². The molecule has 2 atom stereocenters. The lowest BCUT2D eigenvalue weighted by Gasteiger charge is -2.33. The minimum atomic E-state index is 0.0218. The van der Waals surface area contributed by atoms with Gasteiger partial charge in [-0.05, 0) is 36.8 Å². The van der Waals surface area contributed by atoms with Gasteiger partial charge in [0.05, 0.1) is 18.2 Å². The molecule has 1 aromatic carbocycles. The van der Waals surface area contributed by atoms with Crippen LogP contribution in [-0.4, -0.2) is 29.0 Å². The Labute approximate surface area is 142 Å². The fourth-order valence-electron chi connectivity index (χ4n) is 3.85. The number of carbonyl (C=O) groups excluding carboxylic acids is 1. The van der Waals surface area contributed by atoms with E-state index >= 15 is 0 Å². The van der Waals surface area contributed by atoms with E-state index in [9.17, 15) is 4.79 Å². The van der Waals surface area contributed by atoms with Crippen molar-refractivity contribution < 1.29 is 4.79 Å². The number of anilines is 1. The van der Waals surface area contributed by atoms with Gasteiger partial charge in [0, 0.05) is 25.5 Å². The Hall–Kier alpha value is -2.43. The van der Waals surface area contributed by atoms with Crippen LogP contribution in [0.25, 0.3) is 0 Å². The third-order valence-electron chi connectivity index (χ3n) is 5.12. The number of benzene rings is 1. The summed E-state index contributed by atoms with van der Waals surface area (Å²) in [5, 5.41) is 3.28. The first kappa shape index (κ1) is 15.1. The number of piperidine rings is 1. The number of aromatic nitrogens is 2. The van der Waals surface area contributed by atoms with E-state index in [1.807, 2.05) is 0 Å². The maximum Gasteiger partial charge on any atom is 0.225 e. The lowest BCUT2D eigenvalue weighted by Crippen LogP contribution is -2.44. The third-order valence-corrected chi connectivity index (χ3v) is 5.12. The van der Waals surface area contributed by atoms with Crippen molar-refractivity contribution in [2.75, 3.05) is 18.0 Å². The van der Waals surface area contributed by atoms with Crippen LogP contribution < -0.4 is 10.2 Å². The molecule has 24 heavy (non-hydrogen) atoms. The van der Waals surface area contributed by atoms with Gasteiger partial charge >= 0.3 is 0 Å². The van der Waals surface area contributed by atoms with Crippen LogP contribution in [-0.2, 0) is 11.2 Å². The van der Waals surface area contributed by atoms with Crippen molar-refractivity contribution in [1.82, 2.24) is 15.3 Å². The molecule has 2 heterocycles. The lowest BCUT2D eigenvalue weighted by molar-refractivity contribution is -0.126. The Morgan fingerprint density at radius 2 is 2.12 bits per heavy atom. The molecule has 1 amide bonds. The van der Waals surface area contributed by atoms with Crippen molar-refractivity contribution in [2.45, 2.75) is 31.7 Å². The Balaban J connectivity index is 1.42. The smallest absolute Gasteiger partial charge is 0.225 e. The minimum Gasteiger partial charge on any atom is -0.355 e. The van der Waals surface area contributed by atoms with Gasteiger partial charge in [-0.1, -0.05) is 24.3 Å². The van der Waals surface area contributed by atoms with Gasteiger partial charge in [-0.15, -0.1) is 0 Å². The Morgan fingerprint density at radius 3 is 3.00 bits per heavy atom. The summed E-state index contributed by atoms with van der Waals surface area (Å²) in [4.78, 5) is 23.4. The first-order valence-electron chi connectivity index (χ1n) is 8.70. The summed E-state index contributed by atoms with van der Waals surface area (Å²) in [5.41, 5.74) is 2.65. The highest BCUT2D eigenvalue weighted by atomic mass is 16.2. The molecule has 1 N–H and O–H groups in total. The molecule has 1 aliphatic carbocycles. The van der Waals surface area contributed by atoms with Crippen molar-refractivity contribution in [3.63, 3.8) is 0 Å². The molecule has 1 fully saturated rings. The normalized spacial score (nSPS) is 22.9. The number of fused-ring (bicyclic) bond motifs is 1. The predicted octanol–water partition coefficient (Wildman–Crippen LogP) is 2.50. The zero-order valence-corrected chi connectivity index (χ0v) is 13.7. The van der Waals surface area contributed by atoms with Crippen LogP contribution in [0.1, 0.15) is 36.4 Å². The summed E-state index contributed by atoms with van der Waals surface area (Å²) >= 11 is 0. The van der Waals surface area contributed by atoms with Gasteiger partial charge in [-0.3, -0.25) is 9.78 Å². The summed E-state index contributed by atoms with van der Waals surface area (Å²) in [7, 11) is 0. The summed E-state index contributed by atoms with van der Waals surface area (Å²) in [5.74, 6) is 1.06. The maximum atomic E-state index is 12.8. The molecular weight excluding hydrogens is 300 g/mol. The SMILES string of the molecule is O=C(NC1CCc2ccccc21)C1CCCN(c2cnccn2)C1. The van der Waals surface area contributed by atoms with E-state index in [1.54, 1.807) is 18.6 Å². The van der Waals surface area contributed by atoms with Crippen molar-refractivity contribution >= 4 is 11.7 Å². The van der Waals surface area contributed by atoms with E-state index in [0.717, 1.165) is 44.6 Å². The van der Waals surface area contributed by atoms with Crippen molar-refractivity contribution in [2.24, 2.45) is 5.92 Å². The average molecular weight is 322 g/mol. The van der Waals surface area contributed by atoms with Crippen LogP contribution >= 0.6 is 0 Å². The van der Waals surface area contributed by atoms with Crippen molar-refractivity contribution in [1.29, 1.82) is 0 Å². The molecule has 124 valence electrons. The molecule has 0 bridgehead atoms. The van der Waals surface area contributed by atoms with Gasteiger partial charge in [-0.25, -0.2) is 4.98 Å². The molecule has 2 aromatic rings. The summed E-state index contributed by atoms with van der Waals surface area (Å²) in [6.45, 7) is 1.66. The first-order chi connectivity index (χ1) is 11.8. The molecule has 2 aliphatic rings. The number of amides is 1. The summed E-state index contributed by atoms with van der Waals surface area (Å²) < 4.78 is 0. The minimum absolute atomic E-state index is 0.0218. The van der Waals surface area contributed by atoms with Gasteiger partial charge in [0.25, 0.3) is 0 Å². The average Bonchev–Trinajstić information content (AvgIpc) is 3.06. The van der Waals surface area contributed by atoms with Gasteiger partial charge in [-0.2, -0.15) is 0 Å². The Morgan fingerprint density at radius 1 is 1.21 bits per heavy atom. The largest absolute Gasteiger partial charge is 0.355 e. The topological polar surface area (TPSA) is 58.1 Å². The van der Waals surface area contributed by atoms with Gasteiger partial charge in [0.2, 0.25) is 5.91 Å². The highest BCUT2D eigenvalue weighted by molar-refractivity contribution is 5.80. The van der Waals surface area contributed by atoms with Crippen molar-refractivity contribution in [3.8, 4) is 0 Å². The summed E-state index contributed by atoms with van der Waals surface area (Å²) in [6, 6.07) is 8.60. The van der Waals surface area contributed by atoms with Crippen LogP contribution in [0.4, 0.5) is 5.82 Å².